The van der Waals surface area contributed by atoms with Crippen molar-refractivity contribution in [2.45, 2.75) is 6.42 Å². The van der Waals surface area contributed by atoms with Crippen LogP contribution < -0.4 is 0 Å². The molecule has 0 spiro atoms. The van der Waals surface area contributed by atoms with Gasteiger partial charge in [0, 0.05) is 6.42 Å². The molecule has 2 aromatic rings. The van der Waals surface area contributed by atoms with Crippen LogP contribution in [0.3, 0.4) is 0 Å². The molecule has 0 radical (unpaired) electrons. The van der Waals surface area contributed by atoms with E-state index in [4.69, 9.17) is 11.6 Å². The van der Waals surface area contributed by atoms with Gasteiger partial charge in [-0.1, -0.05) is 23.7 Å². The van der Waals surface area contributed by atoms with Crippen molar-refractivity contribution in [3.63, 3.8) is 0 Å². The summed E-state index contributed by atoms with van der Waals surface area (Å²) in [6.07, 6.45) is 0.179. The molecule has 2 rings (SSSR count). The van der Waals surface area contributed by atoms with E-state index in [1.165, 1.54) is 23.5 Å². The summed E-state index contributed by atoms with van der Waals surface area (Å²) in [5.41, 5.74) is 0.662. The van der Waals surface area contributed by atoms with Crippen LogP contribution in [-0.2, 0) is 6.42 Å². The zero-order valence-corrected chi connectivity index (χ0v) is 9.82. The van der Waals surface area contributed by atoms with Crippen molar-refractivity contribution < 1.29 is 9.18 Å². The van der Waals surface area contributed by atoms with Crippen LogP contribution in [0.1, 0.15) is 15.2 Å². The van der Waals surface area contributed by atoms with Crippen LogP contribution >= 0.6 is 22.9 Å². The molecule has 0 saturated heterocycles. The Morgan fingerprint density at radius 3 is 2.81 bits per heavy atom. The largest absolute Gasteiger partial charge is 0.293 e. The van der Waals surface area contributed by atoms with Crippen LogP contribution in [0.5, 0.6) is 0 Å². The summed E-state index contributed by atoms with van der Waals surface area (Å²) in [7, 11) is 0. The zero-order valence-electron chi connectivity index (χ0n) is 8.24. The second-order valence-corrected chi connectivity index (χ2v) is 4.65. The second-order valence-electron chi connectivity index (χ2n) is 3.33. The SMILES string of the molecule is O=C(Cc1cccc(F)c1)c1sccc1Cl. The number of rotatable bonds is 3. The van der Waals surface area contributed by atoms with Crippen molar-refractivity contribution in [3.8, 4) is 0 Å². The number of ketones is 1. The third-order valence-corrected chi connectivity index (χ3v) is 3.51. The Labute approximate surface area is 101 Å². The molecular weight excluding hydrogens is 247 g/mol. The van der Waals surface area contributed by atoms with E-state index in [-0.39, 0.29) is 18.0 Å². The summed E-state index contributed by atoms with van der Waals surface area (Å²) in [6.45, 7) is 0. The summed E-state index contributed by atoms with van der Waals surface area (Å²) in [5.74, 6) is -0.409. The highest BCUT2D eigenvalue weighted by Crippen LogP contribution is 2.23. The van der Waals surface area contributed by atoms with Gasteiger partial charge in [0.25, 0.3) is 0 Å². The molecule has 0 bridgehead atoms. The normalized spacial score (nSPS) is 10.4. The molecule has 1 nitrogen and oxygen atoms in total. The van der Waals surface area contributed by atoms with Gasteiger partial charge in [0.05, 0.1) is 9.90 Å². The molecule has 0 N–H and O–H groups in total. The van der Waals surface area contributed by atoms with Gasteiger partial charge in [-0.3, -0.25) is 4.79 Å². The minimum atomic E-state index is -0.331. The van der Waals surface area contributed by atoms with Crippen LogP contribution in [0, 0.1) is 5.82 Å². The fraction of sp³-hybridized carbons (Fsp3) is 0.0833. The van der Waals surface area contributed by atoms with Gasteiger partial charge in [0.15, 0.2) is 5.78 Å². The lowest BCUT2D eigenvalue weighted by molar-refractivity contribution is 0.0997. The Morgan fingerprint density at radius 2 is 2.19 bits per heavy atom. The van der Waals surface area contributed by atoms with E-state index >= 15 is 0 Å². The average Bonchev–Trinajstić information content (AvgIpc) is 2.64. The van der Waals surface area contributed by atoms with Gasteiger partial charge in [0.1, 0.15) is 5.82 Å². The number of carbonyl (C=O) groups excluding carboxylic acids is 1. The Hall–Kier alpha value is -1.19. The predicted octanol–water partition coefficient (Wildman–Crippen LogP) is 3.97. The fourth-order valence-corrected chi connectivity index (χ4v) is 2.51. The third-order valence-electron chi connectivity index (χ3n) is 2.12. The van der Waals surface area contributed by atoms with Gasteiger partial charge in [-0.15, -0.1) is 11.3 Å². The number of halogens is 2. The molecule has 0 unspecified atom stereocenters. The molecule has 0 atom stereocenters. The standard InChI is InChI=1S/C12H8ClFOS/c13-10-4-5-16-12(10)11(15)7-8-2-1-3-9(14)6-8/h1-6H,7H2. The maximum atomic E-state index is 12.9. The Bertz CT molecular complexity index is 521. The Kier molecular flexibility index (Phi) is 3.36. The Morgan fingerprint density at radius 1 is 1.38 bits per heavy atom. The van der Waals surface area contributed by atoms with Gasteiger partial charge in [-0.25, -0.2) is 4.39 Å². The molecule has 1 aromatic carbocycles. The number of carbonyl (C=O) groups is 1. The fourth-order valence-electron chi connectivity index (χ4n) is 1.41. The monoisotopic (exact) mass is 254 g/mol. The minimum absolute atomic E-state index is 0.0781. The molecule has 1 heterocycles. The van der Waals surface area contributed by atoms with Crippen molar-refractivity contribution in [3.05, 3.63) is 57.0 Å². The molecule has 82 valence electrons. The van der Waals surface area contributed by atoms with Crippen molar-refractivity contribution in [1.82, 2.24) is 0 Å². The molecular formula is C12H8ClFOS. The first-order valence-corrected chi connectivity index (χ1v) is 5.93. The highest BCUT2D eigenvalue weighted by molar-refractivity contribution is 7.12. The Balaban J connectivity index is 2.17. The molecule has 0 aliphatic carbocycles. The van der Waals surface area contributed by atoms with Crippen LogP contribution in [0.4, 0.5) is 4.39 Å². The van der Waals surface area contributed by atoms with E-state index in [1.54, 1.807) is 23.6 Å². The van der Waals surface area contributed by atoms with Gasteiger partial charge in [-0.05, 0) is 29.1 Å². The van der Waals surface area contributed by atoms with Gasteiger partial charge in [-0.2, -0.15) is 0 Å². The minimum Gasteiger partial charge on any atom is -0.293 e. The quantitative estimate of drug-likeness (QED) is 0.758. The number of thiophene rings is 1. The molecule has 0 aliphatic heterocycles. The van der Waals surface area contributed by atoms with E-state index in [0.29, 0.717) is 15.5 Å². The summed E-state index contributed by atoms with van der Waals surface area (Å²) in [4.78, 5) is 12.3. The number of hydrogen-bond donors (Lipinski definition) is 0. The van der Waals surface area contributed by atoms with Gasteiger partial charge >= 0.3 is 0 Å². The number of Topliss-reactive ketones (excluding diaryl/α,β-unsaturated/α-hetero) is 1. The van der Waals surface area contributed by atoms with Crippen LogP contribution in [0.15, 0.2) is 35.7 Å². The lowest BCUT2D eigenvalue weighted by atomic mass is 10.1. The van der Waals surface area contributed by atoms with E-state index < -0.39 is 0 Å². The van der Waals surface area contributed by atoms with Gasteiger partial charge < -0.3 is 0 Å². The topological polar surface area (TPSA) is 17.1 Å². The third kappa shape index (κ3) is 2.49. The predicted molar refractivity (Wildman–Crippen MR) is 63.8 cm³/mol. The van der Waals surface area contributed by atoms with Gasteiger partial charge in [0.2, 0.25) is 0 Å². The van der Waals surface area contributed by atoms with E-state index in [1.807, 2.05) is 0 Å². The highest BCUT2D eigenvalue weighted by atomic mass is 35.5. The van der Waals surface area contributed by atoms with Crippen molar-refractivity contribution in [2.75, 3.05) is 0 Å². The number of benzene rings is 1. The first kappa shape index (κ1) is 11.3. The molecule has 4 heteroatoms. The number of hydrogen-bond acceptors (Lipinski definition) is 2. The van der Waals surface area contributed by atoms with E-state index in [2.05, 4.69) is 0 Å². The van der Waals surface area contributed by atoms with Crippen molar-refractivity contribution >= 4 is 28.7 Å². The van der Waals surface area contributed by atoms with Crippen molar-refractivity contribution in [1.29, 1.82) is 0 Å². The summed E-state index contributed by atoms with van der Waals surface area (Å²) < 4.78 is 12.9. The molecule has 0 fully saturated rings. The van der Waals surface area contributed by atoms with E-state index in [0.717, 1.165) is 0 Å². The zero-order chi connectivity index (χ0) is 11.5. The smallest absolute Gasteiger partial charge is 0.178 e. The first-order valence-electron chi connectivity index (χ1n) is 4.67. The average molecular weight is 255 g/mol. The maximum Gasteiger partial charge on any atom is 0.178 e. The lowest BCUT2D eigenvalue weighted by Crippen LogP contribution is -2.01. The lowest BCUT2D eigenvalue weighted by Gasteiger charge is -2.00. The van der Waals surface area contributed by atoms with Crippen LogP contribution in [0.25, 0.3) is 0 Å². The highest BCUT2D eigenvalue weighted by Gasteiger charge is 2.12. The van der Waals surface area contributed by atoms with Crippen LogP contribution in [-0.4, -0.2) is 5.78 Å². The molecule has 0 saturated carbocycles. The first-order chi connectivity index (χ1) is 7.66. The summed E-state index contributed by atoms with van der Waals surface area (Å²) >= 11 is 7.15. The van der Waals surface area contributed by atoms with Crippen LogP contribution in [0.2, 0.25) is 5.02 Å². The summed E-state index contributed by atoms with van der Waals surface area (Å²) in [5, 5.41) is 2.23. The molecule has 16 heavy (non-hydrogen) atoms. The van der Waals surface area contributed by atoms with Crippen molar-refractivity contribution in [2.24, 2.45) is 0 Å². The van der Waals surface area contributed by atoms with E-state index in [9.17, 15) is 9.18 Å². The molecule has 1 aromatic heterocycles. The summed E-state index contributed by atoms with van der Waals surface area (Å²) in [6, 6.07) is 7.72. The maximum absolute atomic E-state index is 12.9. The second kappa shape index (κ2) is 4.76. The molecule has 0 aliphatic rings. The molecule has 0 amide bonds.